The van der Waals surface area contributed by atoms with E-state index >= 15 is 0 Å². The maximum absolute atomic E-state index is 12.9. The van der Waals surface area contributed by atoms with Crippen molar-refractivity contribution in [3.63, 3.8) is 0 Å². The number of hydrogen-bond donors (Lipinski definition) is 1. The lowest BCUT2D eigenvalue weighted by molar-refractivity contribution is 0.0524. The second-order valence-electron chi connectivity index (χ2n) is 4.88. The second kappa shape index (κ2) is 7.68. The van der Waals surface area contributed by atoms with Crippen LogP contribution in [0.1, 0.15) is 28.4 Å². The molecule has 2 rings (SSSR count). The third-order valence-corrected chi connectivity index (χ3v) is 4.48. The molecule has 0 bridgehead atoms. The van der Waals surface area contributed by atoms with Crippen molar-refractivity contribution in [1.82, 2.24) is 4.98 Å². The summed E-state index contributed by atoms with van der Waals surface area (Å²) in [6.45, 7) is 0.572. The Morgan fingerprint density at radius 3 is 2.61 bits per heavy atom. The summed E-state index contributed by atoms with van der Waals surface area (Å²) in [5, 5.41) is 0.227. The maximum Gasteiger partial charge on any atom is 0.343 e. The van der Waals surface area contributed by atoms with Crippen molar-refractivity contribution in [2.24, 2.45) is 0 Å². The van der Waals surface area contributed by atoms with Gasteiger partial charge in [0, 0.05) is 28.9 Å². The van der Waals surface area contributed by atoms with Gasteiger partial charge >= 0.3 is 5.97 Å². The summed E-state index contributed by atoms with van der Waals surface area (Å²) in [7, 11) is 0. The van der Waals surface area contributed by atoms with Crippen LogP contribution in [0.3, 0.4) is 0 Å². The van der Waals surface area contributed by atoms with Gasteiger partial charge in [-0.25, -0.2) is 4.79 Å². The lowest BCUT2D eigenvalue weighted by atomic mass is 10.00. The molecule has 0 atom stereocenters. The van der Waals surface area contributed by atoms with Gasteiger partial charge in [-0.05, 0) is 24.1 Å². The molecule has 0 fully saturated rings. The van der Waals surface area contributed by atoms with Gasteiger partial charge in [-0.2, -0.15) is 0 Å². The Hall–Kier alpha value is -1.76. The predicted molar refractivity (Wildman–Crippen MR) is 87.6 cm³/mol. The van der Waals surface area contributed by atoms with E-state index in [9.17, 15) is 18.4 Å². The van der Waals surface area contributed by atoms with Crippen molar-refractivity contribution in [2.45, 2.75) is 19.8 Å². The molecule has 0 aliphatic rings. The highest BCUT2D eigenvalue weighted by Gasteiger charge is 2.18. The van der Waals surface area contributed by atoms with Gasteiger partial charge in [-0.1, -0.05) is 15.9 Å². The minimum absolute atomic E-state index is 0.0753. The smallest absolute Gasteiger partial charge is 0.343 e. The number of hydrogen-bond acceptors (Lipinski definition) is 3. The van der Waals surface area contributed by atoms with E-state index in [1.54, 1.807) is 6.92 Å². The van der Waals surface area contributed by atoms with Crippen molar-refractivity contribution in [3.05, 3.63) is 43.6 Å². The first-order chi connectivity index (χ1) is 11.0. The van der Waals surface area contributed by atoms with E-state index in [0.29, 0.717) is 21.1 Å². The standard InChI is InChI=1S/C16H16BrF2NO3/c1-2-23-16(22)12-8-20-14-10(4-6-19)13(17)9(3-5-18)7-11(14)15(12)21/h7-8H,2-6H2,1H3,(H,20,21). The van der Waals surface area contributed by atoms with Gasteiger partial charge in [0.15, 0.2) is 0 Å². The number of halogens is 3. The number of H-pyrrole nitrogens is 1. The number of pyridine rings is 1. The molecule has 2 aromatic rings. The van der Waals surface area contributed by atoms with Crippen LogP contribution in [-0.2, 0) is 17.6 Å². The van der Waals surface area contributed by atoms with Crippen LogP contribution in [0.25, 0.3) is 10.9 Å². The number of rotatable bonds is 6. The molecule has 1 aromatic carbocycles. The number of fused-ring (bicyclic) bond motifs is 1. The SMILES string of the molecule is CCOC(=O)c1c[nH]c2c(CCF)c(Br)c(CCF)cc2c1=O. The van der Waals surface area contributed by atoms with Gasteiger partial charge in [0.1, 0.15) is 5.56 Å². The number of carbonyl (C=O) groups excluding carboxylic acids is 1. The van der Waals surface area contributed by atoms with Crippen molar-refractivity contribution >= 4 is 32.8 Å². The molecule has 1 heterocycles. The summed E-state index contributed by atoms with van der Waals surface area (Å²) in [4.78, 5) is 27.2. The van der Waals surface area contributed by atoms with Gasteiger partial charge in [-0.15, -0.1) is 0 Å². The number of nitrogens with one attached hydrogen (secondary N) is 1. The van der Waals surface area contributed by atoms with Crippen LogP contribution >= 0.6 is 15.9 Å². The highest BCUT2D eigenvalue weighted by molar-refractivity contribution is 9.10. The fourth-order valence-electron chi connectivity index (χ4n) is 2.45. The largest absolute Gasteiger partial charge is 0.462 e. The summed E-state index contributed by atoms with van der Waals surface area (Å²) in [5.74, 6) is -0.724. The molecular formula is C16H16BrF2NO3. The van der Waals surface area contributed by atoms with E-state index in [1.165, 1.54) is 12.3 Å². The number of alkyl halides is 2. The van der Waals surface area contributed by atoms with Crippen molar-refractivity contribution in [3.8, 4) is 0 Å². The highest BCUT2D eigenvalue weighted by atomic mass is 79.9. The van der Waals surface area contributed by atoms with Crippen molar-refractivity contribution < 1.29 is 18.3 Å². The third kappa shape index (κ3) is 3.44. The molecule has 1 N–H and O–H groups in total. The molecule has 0 aliphatic heterocycles. The van der Waals surface area contributed by atoms with E-state index in [0.717, 1.165) is 0 Å². The molecule has 0 saturated heterocycles. The number of aryl methyl sites for hydroxylation is 2. The van der Waals surface area contributed by atoms with Gasteiger partial charge in [0.25, 0.3) is 0 Å². The quantitative estimate of drug-likeness (QED) is 0.771. The van der Waals surface area contributed by atoms with Crippen LogP contribution in [0.15, 0.2) is 21.5 Å². The lowest BCUT2D eigenvalue weighted by Crippen LogP contribution is -2.19. The van der Waals surface area contributed by atoms with Crippen LogP contribution in [0.2, 0.25) is 0 Å². The topological polar surface area (TPSA) is 59.2 Å². The van der Waals surface area contributed by atoms with E-state index in [1.807, 2.05) is 0 Å². The zero-order valence-electron chi connectivity index (χ0n) is 12.5. The molecule has 0 aliphatic carbocycles. The Morgan fingerprint density at radius 1 is 1.30 bits per heavy atom. The number of carbonyl (C=O) groups is 1. The summed E-state index contributed by atoms with van der Waals surface area (Å²) in [6.07, 6.45) is 1.44. The highest BCUT2D eigenvalue weighted by Crippen LogP contribution is 2.29. The number of esters is 1. The molecule has 1 aromatic heterocycles. The van der Waals surface area contributed by atoms with Crippen molar-refractivity contribution in [1.29, 1.82) is 0 Å². The molecule has 0 amide bonds. The normalized spacial score (nSPS) is 11.0. The summed E-state index contributed by atoms with van der Waals surface area (Å²) in [6, 6.07) is 1.53. The minimum Gasteiger partial charge on any atom is -0.462 e. The van der Waals surface area contributed by atoms with Crippen LogP contribution in [0.4, 0.5) is 8.78 Å². The second-order valence-corrected chi connectivity index (χ2v) is 5.67. The average molecular weight is 388 g/mol. The average Bonchev–Trinajstić information content (AvgIpc) is 2.52. The Balaban J connectivity index is 2.75. The molecule has 0 radical (unpaired) electrons. The van der Waals surface area contributed by atoms with Gasteiger partial charge in [0.05, 0.1) is 25.5 Å². The van der Waals surface area contributed by atoms with Gasteiger partial charge in [0.2, 0.25) is 5.43 Å². The molecule has 0 spiro atoms. The first-order valence-corrected chi connectivity index (χ1v) is 7.99. The maximum atomic E-state index is 12.9. The monoisotopic (exact) mass is 387 g/mol. The Kier molecular flexibility index (Phi) is 5.87. The van der Waals surface area contributed by atoms with Crippen molar-refractivity contribution in [2.75, 3.05) is 20.0 Å². The number of benzene rings is 1. The first-order valence-electron chi connectivity index (χ1n) is 7.19. The summed E-state index contributed by atoms with van der Waals surface area (Å²) < 4.78 is 31.0. The van der Waals surface area contributed by atoms with Crippen LogP contribution in [-0.4, -0.2) is 30.9 Å². The molecular weight excluding hydrogens is 372 g/mol. The zero-order chi connectivity index (χ0) is 17.0. The number of aromatic amines is 1. The molecule has 4 nitrogen and oxygen atoms in total. The van der Waals surface area contributed by atoms with Crippen LogP contribution in [0.5, 0.6) is 0 Å². The Bertz CT molecular complexity index is 789. The number of ether oxygens (including phenoxy) is 1. The fourth-order valence-corrected chi connectivity index (χ4v) is 3.16. The Labute approximate surface area is 140 Å². The fraction of sp³-hybridized carbons (Fsp3) is 0.375. The molecule has 23 heavy (non-hydrogen) atoms. The van der Waals surface area contributed by atoms with Gasteiger partial charge < -0.3 is 9.72 Å². The zero-order valence-corrected chi connectivity index (χ0v) is 14.1. The Morgan fingerprint density at radius 2 is 2.00 bits per heavy atom. The lowest BCUT2D eigenvalue weighted by Gasteiger charge is -2.13. The third-order valence-electron chi connectivity index (χ3n) is 3.49. The molecule has 0 unspecified atom stereocenters. The summed E-state index contributed by atoms with van der Waals surface area (Å²) >= 11 is 3.35. The first kappa shape index (κ1) is 17.6. The predicted octanol–water partition coefficient (Wildman–Crippen LogP) is 3.49. The van der Waals surface area contributed by atoms with E-state index in [4.69, 9.17) is 4.74 Å². The van der Waals surface area contributed by atoms with Crippen LogP contribution in [0, 0.1) is 0 Å². The number of aromatic nitrogens is 1. The molecule has 0 saturated carbocycles. The summed E-state index contributed by atoms with van der Waals surface area (Å²) in [5.41, 5.74) is 0.926. The van der Waals surface area contributed by atoms with E-state index in [-0.39, 0.29) is 30.4 Å². The van der Waals surface area contributed by atoms with E-state index < -0.39 is 24.7 Å². The van der Waals surface area contributed by atoms with Gasteiger partial charge in [-0.3, -0.25) is 13.6 Å². The minimum atomic E-state index is -0.724. The molecule has 7 heteroatoms. The molecule has 124 valence electrons. The van der Waals surface area contributed by atoms with E-state index in [2.05, 4.69) is 20.9 Å². The van der Waals surface area contributed by atoms with Crippen LogP contribution < -0.4 is 5.43 Å².